The van der Waals surface area contributed by atoms with Gasteiger partial charge in [-0.2, -0.15) is 0 Å². The molecule has 0 radical (unpaired) electrons. The van der Waals surface area contributed by atoms with Crippen molar-refractivity contribution in [3.05, 3.63) is 0 Å². The first-order valence-corrected chi connectivity index (χ1v) is 12.4. The maximum Gasteiger partial charge on any atom is 0.308 e. The lowest BCUT2D eigenvalue weighted by Gasteiger charge is -2.13. The Balaban J connectivity index is 3.20. The molecular formula is C24H48O8. The lowest BCUT2D eigenvalue weighted by molar-refractivity contribution is -0.150. The molecule has 0 aromatic rings. The first-order valence-electron chi connectivity index (χ1n) is 12.4. The van der Waals surface area contributed by atoms with Crippen LogP contribution in [0.25, 0.3) is 0 Å². The molecule has 0 heterocycles. The normalized spacial score (nSPS) is 12.2. The van der Waals surface area contributed by atoms with Crippen LogP contribution in [0.15, 0.2) is 0 Å². The van der Waals surface area contributed by atoms with Crippen LogP contribution in [0.5, 0.6) is 0 Å². The molecule has 1 atom stereocenters. The molecule has 192 valence electrons. The molecule has 0 aromatic heterocycles. The molecule has 0 aromatic carbocycles. The number of unbranched alkanes of at least 4 members (excludes halogenated alkanes) is 2. The van der Waals surface area contributed by atoms with Crippen molar-refractivity contribution in [2.75, 3.05) is 85.9 Å². The van der Waals surface area contributed by atoms with Gasteiger partial charge in [-0.3, -0.25) is 4.79 Å². The molecule has 8 heteroatoms. The number of hydrogen-bond acceptors (Lipinski definition) is 8. The second kappa shape index (κ2) is 26.5. The summed E-state index contributed by atoms with van der Waals surface area (Å²) in [4.78, 5) is 11.9. The zero-order chi connectivity index (χ0) is 23.5. The van der Waals surface area contributed by atoms with E-state index in [4.69, 9.17) is 33.2 Å². The van der Waals surface area contributed by atoms with Gasteiger partial charge >= 0.3 is 5.97 Å². The van der Waals surface area contributed by atoms with Crippen molar-refractivity contribution >= 4 is 5.97 Å². The van der Waals surface area contributed by atoms with Crippen LogP contribution in [-0.4, -0.2) is 91.9 Å². The van der Waals surface area contributed by atoms with Crippen LogP contribution < -0.4 is 0 Å². The number of hydrogen-bond donors (Lipinski definition) is 0. The third kappa shape index (κ3) is 22.4. The quantitative estimate of drug-likeness (QED) is 0.142. The van der Waals surface area contributed by atoms with E-state index in [2.05, 4.69) is 13.8 Å². The summed E-state index contributed by atoms with van der Waals surface area (Å²) in [7, 11) is 0. The Morgan fingerprint density at radius 2 is 0.906 bits per heavy atom. The molecule has 1 unspecified atom stereocenters. The van der Waals surface area contributed by atoms with Gasteiger partial charge in [0.15, 0.2) is 0 Å². The summed E-state index contributed by atoms with van der Waals surface area (Å²) in [5, 5.41) is 0. The number of ether oxygens (including phenoxy) is 7. The minimum Gasteiger partial charge on any atom is -0.463 e. The van der Waals surface area contributed by atoms with Gasteiger partial charge in [0.2, 0.25) is 0 Å². The summed E-state index contributed by atoms with van der Waals surface area (Å²) in [5.74, 6) is -0.0981. The summed E-state index contributed by atoms with van der Waals surface area (Å²) < 4.78 is 37.8. The number of carbonyl (C=O) groups is 1. The van der Waals surface area contributed by atoms with Crippen molar-refractivity contribution in [3.63, 3.8) is 0 Å². The Morgan fingerprint density at radius 3 is 1.28 bits per heavy atom. The van der Waals surface area contributed by atoms with Crippen molar-refractivity contribution in [1.82, 2.24) is 0 Å². The highest BCUT2D eigenvalue weighted by atomic mass is 16.6. The van der Waals surface area contributed by atoms with Gasteiger partial charge in [-0.15, -0.1) is 0 Å². The topological polar surface area (TPSA) is 81.7 Å². The van der Waals surface area contributed by atoms with E-state index in [9.17, 15) is 4.79 Å². The van der Waals surface area contributed by atoms with E-state index in [-0.39, 0.29) is 11.9 Å². The van der Waals surface area contributed by atoms with Gasteiger partial charge in [0.05, 0.1) is 78.6 Å². The molecule has 0 spiro atoms. The van der Waals surface area contributed by atoms with E-state index in [0.717, 1.165) is 45.1 Å². The van der Waals surface area contributed by atoms with Gasteiger partial charge in [0, 0.05) is 6.61 Å². The SMILES string of the molecule is CCCCOCCOCCOCCOCCOCCOCCOC(=O)C(CC)CCCC. The highest BCUT2D eigenvalue weighted by molar-refractivity contribution is 5.72. The van der Waals surface area contributed by atoms with Gasteiger partial charge in [0.1, 0.15) is 6.61 Å². The molecule has 32 heavy (non-hydrogen) atoms. The molecule has 0 N–H and O–H groups in total. The summed E-state index contributed by atoms with van der Waals surface area (Å²) in [6.07, 6.45) is 6.12. The fraction of sp³-hybridized carbons (Fsp3) is 0.958. The summed E-state index contributed by atoms with van der Waals surface area (Å²) >= 11 is 0. The van der Waals surface area contributed by atoms with E-state index in [1.54, 1.807) is 0 Å². The van der Waals surface area contributed by atoms with Crippen LogP contribution in [0.4, 0.5) is 0 Å². The highest BCUT2D eigenvalue weighted by Crippen LogP contribution is 2.14. The van der Waals surface area contributed by atoms with Crippen LogP contribution in [0, 0.1) is 5.92 Å². The Morgan fingerprint density at radius 1 is 0.531 bits per heavy atom. The third-order valence-electron chi connectivity index (χ3n) is 4.71. The van der Waals surface area contributed by atoms with Gasteiger partial charge in [0.25, 0.3) is 0 Å². The second-order valence-corrected chi connectivity index (χ2v) is 7.44. The van der Waals surface area contributed by atoms with Crippen LogP contribution in [0.3, 0.4) is 0 Å². The Kier molecular flexibility index (Phi) is 25.8. The lowest BCUT2D eigenvalue weighted by atomic mass is 10.00. The average Bonchev–Trinajstić information content (AvgIpc) is 2.80. The first kappa shape index (κ1) is 31.2. The molecule has 0 saturated carbocycles. The maximum absolute atomic E-state index is 11.9. The predicted molar refractivity (Wildman–Crippen MR) is 124 cm³/mol. The average molecular weight is 465 g/mol. The Bertz CT molecular complexity index is 381. The van der Waals surface area contributed by atoms with Crippen molar-refractivity contribution in [3.8, 4) is 0 Å². The van der Waals surface area contributed by atoms with E-state index < -0.39 is 0 Å². The lowest BCUT2D eigenvalue weighted by Crippen LogP contribution is -2.20. The molecule has 8 nitrogen and oxygen atoms in total. The third-order valence-corrected chi connectivity index (χ3v) is 4.71. The van der Waals surface area contributed by atoms with Crippen LogP contribution in [-0.2, 0) is 38.0 Å². The fourth-order valence-electron chi connectivity index (χ4n) is 2.71. The summed E-state index contributed by atoms with van der Waals surface area (Å²) in [6.45, 7) is 13.2. The zero-order valence-electron chi connectivity index (χ0n) is 20.8. The standard InChI is InChI=1S/C24H48O8/c1-4-7-9-23(6-3)24(25)32-22-21-31-20-19-30-18-17-29-16-15-28-14-13-27-12-11-26-10-8-5-2/h23H,4-22H2,1-3H3. The monoisotopic (exact) mass is 464 g/mol. The molecule has 0 fully saturated rings. The number of rotatable bonds is 26. The molecule has 0 bridgehead atoms. The minimum absolute atomic E-state index is 0.0113. The smallest absolute Gasteiger partial charge is 0.308 e. The Labute approximate surface area is 195 Å². The molecule has 0 saturated heterocycles. The second-order valence-electron chi connectivity index (χ2n) is 7.44. The van der Waals surface area contributed by atoms with Crippen LogP contribution in [0.2, 0.25) is 0 Å². The Hall–Kier alpha value is -0.770. The van der Waals surface area contributed by atoms with Gasteiger partial charge < -0.3 is 33.2 Å². The molecule has 0 amide bonds. The fourth-order valence-corrected chi connectivity index (χ4v) is 2.71. The predicted octanol–water partition coefficient (Wildman–Crippen LogP) is 3.65. The summed E-state index contributed by atoms with van der Waals surface area (Å²) in [6, 6.07) is 0. The van der Waals surface area contributed by atoms with Crippen molar-refractivity contribution in [2.45, 2.75) is 59.3 Å². The molecule has 0 aliphatic rings. The van der Waals surface area contributed by atoms with Crippen LogP contribution in [0.1, 0.15) is 59.3 Å². The molecule has 0 aliphatic heterocycles. The van der Waals surface area contributed by atoms with E-state index in [1.165, 1.54) is 0 Å². The van der Waals surface area contributed by atoms with E-state index >= 15 is 0 Å². The number of carbonyl (C=O) groups excluding carboxylic acids is 1. The van der Waals surface area contributed by atoms with Crippen molar-refractivity contribution in [2.24, 2.45) is 5.92 Å². The van der Waals surface area contributed by atoms with Gasteiger partial charge in [-0.05, 0) is 19.3 Å². The van der Waals surface area contributed by atoms with Crippen molar-refractivity contribution < 1.29 is 38.0 Å². The minimum atomic E-state index is -0.109. The van der Waals surface area contributed by atoms with E-state index in [0.29, 0.717) is 79.3 Å². The molecule has 0 aliphatic carbocycles. The highest BCUT2D eigenvalue weighted by Gasteiger charge is 2.16. The molecule has 0 rings (SSSR count). The first-order chi connectivity index (χ1) is 15.8. The zero-order valence-corrected chi connectivity index (χ0v) is 20.8. The van der Waals surface area contributed by atoms with Gasteiger partial charge in [-0.1, -0.05) is 40.0 Å². The van der Waals surface area contributed by atoms with Crippen molar-refractivity contribution in [1.29, 1.82) is 0 Å². The largest absolute Gasteiger partial charge is 0.463 e. The van der Waals surface area contributed by atoms with Gasteiger partial charge in [-0.25, -0.2) is 0 Å². The maximum atomic E-state index is 11.9. The molecular weight excluding hydrogens is 416 g/mol. The van der Waals surface area contributed by atoms with Crippen LogP contribution >= 0.6 is 0 Å². The van der Waals surface area contributed by atoms with E-state index in [1.807, 2.05) is 6.92 Å². The number of esters is 1. The summed E-state index contributed by atoms with van der Waals surface area (Å²) in [5.41, 5.74) is 0.